The lowest BCUT2D eigenvalue weighted by atomic mass is 9.97. The molecule has 1 aromatic carbocycles. The molecule has 0 unspecified atom stereocenters. The predicted molar refractivity (Wildman–Crippen MR) is 62.5 cm³/mol. The third-order valence-electron chi connectivity index (χ3n) is 2.20. The first-order chi connectivity index (χ1) is 6.95. The van der Waals surface area contributed by atoms with Crippen molar-refractivity contribution in [3.63, 3.8) is 0 Å². The number of rotatable bonds is 4. The van der Waals surface area contributed by atoms with Crippen LogP contribution in [0.5, 0.6) is 0 Å². The normalized spacial score (nSPS) is 12.1. The van der Waals surface area contributed by atoms with Crippen LogP contribution in [0.3, 0.4) is 0 Å². The van der Waals surface area contributed by atoms with Gasteiger partial charge in [-0.3, -0.25) is 0 Å². The third kappa shape index (κ3) is 3.49. The summed E-state index contributed by atoms with van der Waals surface area (Å²) >= 11 is 4.08. The Morgan fingerprint density at radius 3 is 2.53 bits per heavy atom. The molecule has 0 spiro atoms. The number of benzene rings is 1. The first kappa shape index (κ1) is 12.5. The van der Waals surface area contributed by atoms with Gasteiger partial charge in [0.15, 0.2) is 0 Å². The Bertz CT molecular complexity index is 321. The summed E-state index contributed by atoms with van der Waals surface area (Å²) in [5, 5.41) is 0. The smallest absolute Gasteiger partial charge is 0.201 e. The lowest BCUT2D eigenvalue weighted by Crippen LogP contribution is -2.16. The summed E-state index contributed by atoms with van der Waals surface area (Å²) in [6.45, 7) is 3.60. The zero-order chi connectivity index (χ0) is 11.5. The lowest BCUT2D eigenvalue weighted by molar-refractivity contribution is -0.0249. The largest absolute Gasteiger partial charge is 0.273 e. The molecule has 1 aromatic rings. The molecule has 0 fully saturated rings. The Balaban J connectivity index is 2.93. The second kappa shape index (κ2) is 4.97. The van der Waals surface area contributed by atoms with Crippen LogP contribution in [0, 0.1) is 5.92 Å². The first-order valence-electron chi connectivity index (χ1n) is 5.04. The summed E-state index contributed by atoms with van der Waals surface area (Å²) in [6.07, 6.45) is -0.108. The molecule has 0 heterocycles. The highest BCUT2D eigenvalue weighted by Crippen LogP contribution is 2.34. The Labute approximate surface area is 95.1 Å². The highest BCUT2D eigenvalue weighted by Gasteiger charge is 2.32. The molecule has 0 saturated heterocycles. The van der Waals surface area contributed by atoms with Crippen LogP contribution in [-0.2, 0) is 11.7 Å². The van der Waals surface area contributed by atoms with Crippen LogP contribution in [0.15, 0.2) is 24.3 Å². The zero-order valence-electron chi connectivity index (χ0n) is 9.00. The summed E-state index contributed by atoms with van der Waals surface area (Å²) in [6, 6.07) is 6.49. The molecule has 0 saturated carbocycles. The number of alkyl halides is 2. The molecule has 0 radical (unpaired) electrons. The lowest BCUT2D eigenvalue weighted by Gasteiger charge is -2.19. The van der Waals surface area contributed by atoms with Gasteiger partial charge in [-0.15, -0.1) is 0 Å². The molecule has 0 atom stereocenters. The quantitative estimate of drug-likeness (QED) is 0.734. The molecule has 3 heteroatoms. The van der Waals surface area contributed by atoms with Crippen molar-refractivity contribution < 1.29 is 8.78 Å². The molecular weight excluding hydrogens is 214 g/mol. The molecule has 1 rings (SSSR count). The van der Waals surface area contributed by atoms with E-state index in [4.69, 9.17) is 0 Å². The van der Waals surface area contributed by atoms with Crippen molar-refractivity contribution >= 4 is 12.6 Å². The van der Waals surface area contributed by atoms with Crippen LogP contribution in [-0.4, -0.2) is 0 Å². The van der Waals surface area contributed by atoms with Crippen LogP contribution < -0.4 is 0 Å². The van der Waals surface area contributed by atoms with E-state index in [9.17, 15) is 8.78 Å². The Hall–Kier alpha value is -0.570. The Kier molecular flexibility index (Phi) is 4.14. The van der Waals surface area contributed by atoms with Crippen LogP contribution in [0.4, 0.5) is 8.78 Å². The van der Waals surface area contributed by atoms with Crippen LogP contribution in [0.25, 0.3) is 0 Å². The average molecular weight is 230 g/mol. The van der Waals surface area contributed by atoms with Crippen molar-refractivity contribution in [1.29, 1.82) is 0 Å². The summed E-state index contributed by atoms with van der Waals surface area (Å²) < 4.78 is 27.4. The second-order valence-corrected chi connectivity index (χ2v) is 4.48. The SMILES string of the molecule is CC(C)CC(F)(F)c1cccc(CS)c1. The second-order valence-electron chi connectivity index (χ2n) is 4.16. The van der Waals surface area contributed by atoms with E-state index in [1.54, 1.807) is 19.9 Å². The van der Waals surface area contributed by atoms with Gasteiger partial charge >= 0.3 is 0 Å². The van der Waals surface area contributed by atoms with Gasteiger partial charge < -0.3 is 0 Å². The average Bonchev–Trinajstić information content (AvgIpc) is 2.16. The highest BCUT2D eigenvalue weighted by atomic mass is 32.1. The summed E-state index contributed by atoms with van der Waals surface area (Å²) in [5.41, 5.74) is 0.932. The van der Waals surface area contributed by atoms with E-state index in [2.05, 4.69) is 12.6 Å². The number of hydrogen-bond acceptors (Lipinski definition) is 1. The summed E-state index contributed by atoms with van der Waals surface area (Å²) in [7, 11) is 0. The van der Waals surface area contributed by atoms with E-state index in [1.165, 1.54) is 12.1 Å². The van der Waals surface area contributed by atoms with Gasteiger partial charge in [0.25, 0.3) is 5.92 Å². The van der Waals surface area contributed by atoms with Crippen molar-refractivity contribution in [1.82, 2.24) is 0 Å². The van der Waals surface area contributed by atoms with E-state index in [0.29, 0.717) is 5.75 Å². The van der Waals surface area contributed by atoms with Gasteiger partial charge in [0.1, 0.15) is 0 Å². The minimum atomic E-state index is -2.73. The Morgan fingerprint density at radius 2 is 2.00 bits per heavy atom. The topological polar surface area (TPSA) is 0 Å². The first-order valence-corrected chi connectivity index (χ1v) is 5.67. The maximum Gasteiger partial charge on any atom is 0.273 e. The monoisotopic (exact) mass is 230 g/mol. The fourth-order valence-electron chi connectivity index (χ4n) is 1.53. The van der Waals surface area contributed by atoms with E-state index >= 15 is 0 Å². The molecule has 0 aromatic heterocycles. The molecule has 84 valence electrons. The summed E-state index contributed by atoms with van der Waals surface area (Å²) in [5.74, 6) is -2.25. The van der Waals surface area contributed by atoms with E-state index in [1.807, 2.05) is 6.07 Å². The molecule has 0 amide bonds. The molecule has 0 bridgehead atoms. The predicted octanol–water partition coefficient (Wildman–Crippen LogP) is 4.25. The van der Waals surface area contributed by atoms with E-state index in [0.717, 1.165) is 5.56 Å². The number of hydrogen-bond donors (Lipinski definition) is 1. The molecule has 0 N–H and O–H groups in total. The van der Waals surface area contributed by atoms with Crippen molar-refractivity contribution in [3.05, 3.63) is 35.4 Å². The van der Waals surface area contributed by atoms with Gasteiger partial charge in [-0.25, -0.2) is 8.78 Å². The van der Waals surface area contributed by atoms with Gasteiger partial charge in [0.2, 0.25) is 0 Å². The minimum absolute atomic E-state index is 0.0142. The highest BCUT2D eigenvalue weighted by molar-refractivity contribution is 7.79. The molecule has 0 aliphatic heterocycles. The molecular formula is C12H16F2S. The van der Waals surface area contributed by atoms with Crippen molar-refractivity contribution in [2.24, 2.45) is 5.92 Å². The number of thiol groups is 1. The molecule has 15 heavy (non-hydrogen) atoms. The van der Waals surface area contributed by atoms with Crippen molar-refractivity contribution in [2.45, 2.75) is 31.9 Å². The zero-order valence-corrected chi connectivity index (χ0v) is 9.90. The molecule has 0 aliphatic carbocycles. The Morgan fingerprint density at radius 1 is 1.33 bits per heavy atom. The number of halogens is 2. The summed E-state index contributed by atoms with van der Waals surface area (Å²) in [4.78, 5) is 0. The minimum Gasteiger partial charge on any atom is -0.201 e. The fraction of sp³-hybridized carbons (Fsp3) is 0.500. The van der Waals surface area contributed by atoms with Crippen molar-refractivity contribution in [3.8, 4) is 0 Å². The van der Waals surface area contributed by atoms with E-state index in [-0.39, 0.29) is 17.9 Å². The maximum atomic E-state index is 13.7. The molecule has 0 nitrogen and oxygen atoms in total. The van der Waals surface area contributed by atoms with E-state index < -0.39 is 5.92 Å². The van der Waals surface area contributed by atoms with Gasteiger partial charge in [-0.05, 0) is 17.5 Å². The fourth-order valence-corrected chi connectivity index (χ4v) is 1.72. The maximum absolute atomic E-state index is 13.7. The standard InChI is InChI=1S/C12H16F2S/c1-9(2)7-12(13,14)11-5-3-4-10(6-11)8-15/h3-6,9,15H,7-8H2,1-2H3. The van der Waals surface area contributed by atoms with Gasteiger partial charge in [0, 0.05) is 17.7 Å². The van der Waals surface area contributed by atoms with Gasteiger partial charge in [0.05, 0.1) is 0 Å². The van der Waals surface area contributed by atoms with Crippen LogP contribution >= 0.6 is 12.6 Å². The van der Waals surface area contributed by atoms with Crippen molar-refractivity contribution in [2.75, 3.05) is 0 Å². The van der Waals surface area contributed by atoms with Crippen LogP contribution in [0.2, 0.25) is 0 Å². The molecule has 0 aliphatic rings. The third-order valence-corrected chi connectivity index (χ3v) is 2.56. The van der Waals surface area contributed by atoms with Gasteiger partial charge in [-0.2, -0.15) is 12.6 Å². The van der Waals surface area contributed by atoms with Gasteiger partial charge in [-0.1, -0.05) is 32.0 Å². The van der Waals surface area contributed by atoms with Crippen LogP contribution in [0.1, 0.15) is 31.4 Å².